The van der Waals surface area contributed by atoms with Crippen molar-refractivity contribution in [3.05, 3.63) is 35.4 Å². The summed E-state index contributed by atoms with van der Waals surface area (Å²) in [7, 11) is -2.98. The molecule has 6 heteroatoms. The second-order valence-corrected chi connectivity index (χ2v) is 8.99. The molecule has 1 aromatic rings. The van der Waals surface area contributed by atoms with Crippen molar-refractivity contribution < 1.29 is 13.2 Å². The van der Waals surface area contributed by atoms with Gasteiger partial charge in [-0.25, -0.2) is 8.42 Å². The van der Waals surface area contributed by atoms with E-state index in [9.17, 15) is 13.2 Å². The van der Waals surface area contributed by atoms with Gasteiger partial charge in [-0.3, -0.25) is 4.79 Å². The second kappa shape index (κ2) is 7.51. The van der Waals surface area contributed by atoms with E-state index in [2.05, 4.69) is 6.92 Å². The van der Waals surface area contributed by atoms with Crippen LogP contribution in [0.3, 0.4) is 0 Å². The van der Waals surface area contributed by atoms with E-state index in [1.165, 1.54) is 5.56 Å². The third kappa shape index (κ3) is 4.26. The fourth-order valence-corrected chi connectivity index (χ4v) is 5.08. The van der Waals surface area contributed by atoms with Crippen molar-refractivity contribution in [1.29, 1.82) is 0 Å². The second-order valence-electron chi connectivity index (χ2n) is 5.48. The first-order valence-corrected chi connectivity index (χ1v) is 10.6. The van der Waals surface area contributed by atoms with E-state index < -0.39 is 9.84 Å². The van der Waals surface area contributed by atoms with Crippen LogP contribution in [-0.4, -0.2) is 49.1 Å². The van der Waals surface area contributed by atoms with E-state index in [0.717, 1.165) is 11.5 Å². The molecule has 1 fully saturated rings. The maximum atomic E-state index is 12.6. The number of amides is 1. The summed E-state index contributed by atoms with van der Waals surface area (Å²) in [6.07, 6.45) is 0.549. The molecule has 122 valence electrons. The van der Waals surface area contributed by atoms with Gasteiger partial charge in [-0.05, 0) is 36.8 Å². The van der Waals surface area contributed by atoms with Gasteiger partial charge in [0.1, 0.15) is 0 Å². The lowest BCUT2D eigenvalue weighted by Crippen LogP contribution is -2.40. The highest BCUT2D eigenvalue weighted by molar-refractivity contribution is 7.98. The quantitative estimate of drug-likeness (QED) is 0.798. The average Bonchev–Trinajstić information content (AvgIpc) is 2.86. The predicted molar refractivity (Wildman–Crippen MR) is 92.0 cm³/mol. The first kappa shape index (κ1) is 17.3. The fraction of sp³-hybridized carbons (Fsp3) is 0.562. The van der Waals surface area contributed by atoms with Crippen LogP contribution < -0.4 is 0 Å². The fourth-order valence-electron chi connectivity index (χ4n) is 2.72. The summed E-state index contributed by atoms with van der Waals surface area (Å²) in [6.45, 7) is 4.55. The van der Waals surface area contributed by atoms with Crippen molar-refractivity contribution in [2.45, 2.75) is 32.1 Å². The van der Waals surface area contributed by atoms with Gasteiger partial charge >= 0.3 is 0 Å². The molecule has 1 saturated heterocycles. The lowest BCUT2D eigenvalue weighted by atomic mass is 10.1. The van der Waals surface area contributed by atoms with Gasteiger partial charge in [0.15, 0.2) is 9.84 Å². The molecule has 0 radical (unpaired) electrons. The Morgan fingerprint density at radius 3 is 2.45 bits per heavy atom. The highest BCUT2D eigenvalue weighted by Gasteiger charge is 2.34. The zero-order chi connectivity index (χ0) is 16.2. The Bertz CT molecular complexity index is 611. The van der Waals surface area contributed by atoms with Crippen LogP contribution in [0.4, 0.5) is 0 Å². The molecule has 0 bridgehead atoms. The standard InChI is InChI=1S/C16H23NO3S2/c1-3-17(15-9-10-22(19,20)12-15)16(18)14-7-5-13(6-8-14)11-21-4-2/h5-8,15H,3-4,9-12H2,1-2H3. The molecule has 1 aliphatic heterocycles. The van der Waals surface area contributed by atoms with Crippen molar-refractivity contribution in [1.82, 2.24) is 4.90 Å². The molecule has 0 spiro atoms. The number of thioether (sulfide) groups is 1. The minimum atomic E-state index is -2.98. The van der Waals surface area contributed by atoms with Crippen LogP contribution in [0.2, 0.25) is 0 Å². The van der Waals surface area contributed by atoms with Crippen LogP contribution in [0.5, 0.6) is 0 Å². The summed E-state index contributed by atoms with van der Waals surface area (Å²) in [4.78, 5) is 14.3. The first-order valence-electron chi connectivity index (χ1n) is 7.65. The Morgan fingerprint density at radius 1 is 1.27 bits per heavy atom. The molecule has 1 atom stereocenters. The Labute approximate surface area is 137 Å². The lowest BCUT2D eigenvalue weighted by molar-refractivity contribution is 0.0708. The molecule has 2 rings (SSSR count). The molecular weight excluding hydrogens is 318 g/mol. The molecule has 0 aliphatic carbocycles. The summed E-state index contributed by atoms with van der Waals surface area (Å²) < 4.78 is 23.3. The molecule has 0 saturated carbocycles. The largest absolute Gasteiger partial charge is 0.335 e. The molecule has 1 unspecified atom stereocenters. The van der Waals surface area contributed by atoms with Gasteiger partial charge in [-0.15, -0.1) is 0 Å². The predicted octanol–water partition coefficient (Wildman–Crippen LogP) is 2.59. The van der Waals surface area contributed by atoms with Gasteiger partial charge in [0.25, 0.3) is 5.91 Å². The highest BCUT2D eigenvalue weighted by atomic mass is 32.2. The van der Waals surface area contributed by atoms with Crippen LogP contribution >= 0.6 is 11.8 Å². The van der Waals surface area contributed by atoms with E-state index in [-0.39, 0.29) is 23.5 Å². The van der Waals surface area contributed by atoms with Gasteiger partial charge in [0.05, 0.1) is 11.5 Å². The molecule has 4 nitrogen and oxygen atoms in total. The maximum absolute atomic E-state index is 12.6. The molecule has 1 aliphatic rings. The molecule has 22 heavy (non-hydrogen) atoms. The Balaban J connectivity index is 2.08. The van der Waals surface area contributed by atoms with Crippen LogP contribution in [0.15, 0.2) is 24.3 Å². The molecule has 0 aromatic heterocycles. The monoisotopic (exact) mass is 341 g/mol. The summed E-state index contributed by atoms with van der Waals surface area (Å²) in [5.41, 5.74) is 1.84. The number of rotatable bonds is 6. The van der Waals surface area contributed by atoms with Crippen molar-refractivity contribution in [3.63, 3.8) is 0 Å². The Hall–Kier alpha value is -1.01. The number of benzene rings is 1. The number of hydrogen-bond acceptors (Lipinski definition) is 4. The Morgan fingerprint density at radius 2 is 1.95 bits per heavy atom. The third-order valence-electron chi connectivity index (χ3n) is 3.92. The maximum Gasteiger partial charge on any atom is 0.254 e. The van der Waals surface area contributed by atoms with Crippen LogP contribution in [-0.2, 0) is 15.6 Å². The van der Waals surface area contributed by atoms with Gasteiger partial charge in [-0.1, -0.05) is 19.1 Å². The van der Waals surface area contributed by atoms with E-state index in [1.54, 1.807) is 4.90 Å². The minimum absolute atomic E-state index is 0.0701. The van der Waals surface area contributed by atoms with E-state index in [4.69, 9.17) is 0 Å². The molecule has 1 heterocycles. The molecule has 0 N–H and O–H groups in total. The molecule has 1 aromatic carbocycles. The van der Waals surface area contributed by atoms with E-state index >= 15 is 0 Å². The zero-order valence-corrected chi connectivity index (χ0v) is 14.8. The lowest BCUT2D eigenvalue weighted by Gasteiger charge is -2.27. The number of carbonyl (C=O) groups is 1. The topological polar surface area (TPSA) is 54.5 Å². The summed E-state index contributed by atoms with van der Waals surface area (Å²) >= 11 is 1.84. The normalized spacial score (nSPS) is 20.0. The van der Waals surface area contributed by atoms with Crippen molar-refractivity contribution in [2.24, 2.45) is 0 Å². The first-order chi connectivity index (χ1) is 10.5. The molecule has 1 amide bonds. The number of carbonyl (C=O) groups excluding carboxylic acids is 1. The SMILES string of the molecule is CCSCc1ccc(C(=O)N(CC)C2CCS(=O)(=O)C2)cc1. The van der Waals surface area contributed by atoms with Crippen molar-refractivity contribution >= 4 is 27.5 Å². The number of nitrogens with zero attached hydrogens (tertiary/aromatic N) is 1. The van der Waals surface area contributed by atoms with Gasteiger partial charge in [-0.2, -0.15) is 11.8 Å². The van der Waals surface area contributed by atoms with Crippen LogP contribution in [0.1, 0.15) is 36.2 Å². The van der Waals surface area contributed by atoms with Crippen molar-refractivity contribution in [2.75, 3.05) is 23.8 Å². The number of sulfone groups is 1. The summed E-state index contributed by atoms with van der Waals surface area (Å²) in [6, 6.07) is 7.47. The smallest absolute Gasteiger partial charge is 0.254 e. The van der Waals surface area contributed by atoms with Gasteiger partial charge in [0.2, 0.25) is 0 Å². The minimum Gasteiger partial charge on any atom is -0.335 e. The van der Waals surface area contributed by atoms with Crippen molar-refractivity contribution in [3.8, 4) is 0 Å². The number of hydrogen-bond donors (Lipinski definition) is 0. The summed E-state index contributed by atoms with van der Waals surface area (Å²) in [5, 5.41) is 0. The van der Waals surface area contributed by atoms with Gasteiger partial charge < -0.3 is 4.90 Å². The third-order valence-corrected chi connectivity index (χ3v) is 6.62. The zero-order valence-electron chi connectivity index (χ0n) is 13.1. The average molecular weight is 341 g/mol. The van der Waals surface area contributed by atoms with Gasteiger partial charge in [0, 0.05) is 23.9 Å². The highest BCUT2D eigenvalue weighted by Crippen LogP contribution is 2.20. The Kier molecular flexibility index (Phi) is 5.92. The summed E-state index contributed by atoms with van der Waals surface area (Å²) in [5.74, 6) is 2.23. The van der Waals surface area contributed by atoms with Crippen LogP contribution in [0, 0.1) is 0 Å². The molecular formula is C16H23NO3S2. The van der Waals surface area contributed by atoms with E-state index in [1.807, 2.05) is 43.0 Å². The van der Waals surface area contributed by atoms with Crippen LogP contribution in [0.25, 0.3) is 0 Å². The van der Waals surface area contributed by atoms with E-state index in [0.29, 0.717) is 18.5 Å².